The maximum atomic E-state index is 13.7. The average Bonchev–Trinajstić information content (AvgIpc) is 3.09. The SMILES string of the molecule is Cc1cc(OCc2ccc(F)cc2F)c(Br)c(=O)n1Cc1ccc(CO)o1. The van der Waals surface area contributed by atoms with Crippen LogP contribution in [-0.2, 0) is 19.8 Å². The largest absolute Gasteiger partial charge is 0.487 e. The Balaban J connectivity index is 1.82. The number of benzene rings is 1. The minimum atomic E-state index is -0.714. The van der Waals surface area contributed by atoms with E-state index in [4.69, 9.17) is 14.3 Å². The Labute approximate surface area is 161 Å². The van der Waals surface area contributed by atoms with Gasteiger partial charge in [0.25, 0.3) is 5.56 Å². The van der Waals surface area contributed by atoms with Crippen LogP contribution in [0.2, 0.25) is 0 Å². The molecule has 3 rings (SSSR count). The van der Waals surface area contributed by atoms with Crippen LogP contribution in [0, 0.1) is 18.6 Å². The normalized spacial score (nSPS) is 11.0. The fourth-order valence-corrected chi connectivity index (χ4v) is 3.00. The molecule has 0 radical (unpaired) electrons. The van der Waals surface area contributed by atoms with Crippen molar-refractivity contribution in [3.8, 4) is 5.75 Å². The molecule has 1 aromatic carbocycles. The number of hydrogen-bond acceptors (Lipinski definition) is 4. The van der Waals surface area contributed by atoms with E-state index >= 15 is 0 Å². The molecule has 2 aromatic heterocycles. The third kappa shape index (κ3) is 4.28. The van der Waals surface area contributed by atoms with Crippen LogP contribution in [-0.4, -0.2) is 9.67 Å². The number of aromatic nitrogens is 1. The third-order valence-electron chi connectivity index (χ3n) is 4.00. The van der Waals surface area contributed by atoms with E-state index in [0.29, 0.717) is 17.2 Å². The molecule has 0 aliphatic heterocycles. The quantitative estimate of drug-likeness (QED) is 0.632. The number of aliphatic hydroxyl groups excluding tert-OH is 1. The number of furan rings is 1. The molecule has 2 heterocycles. The van der Waals surface area contributed by atoms with Crippen molar-refractivity contribution in [1.82, 2.24) is 4.57 Å². The van der Waals surface area contributed by atoms with E-state index in [-0.39, 0.29) is 41.1 Å². The predicted octanol–water partition coefficient (Wildman–Crippen LogP) is 3.91. The summed E-state index contributed by atoms with van der Waals surface area (Å²) in [6.45, 7) is 1.56. The molecule has 0 bridgehead atoms. The molecule has 5 nitrogen and oxygen atoms in total. The minimum absolute atomic E-state index is 0.147. The summed E-state index contributed by atoms with van der Waals surface area (Å²) in [5.74, 6) is -0.186. The highest BCUT2D eigenvalue weighted by Crippen LogP contribution is 2.24. The number of nitrogens with zero attached hydrogens (tertiary/aromatic N) is 1. The third-order valence-corrected chi connectivity index (χ3v) is 4.73. The van der Waals surface area contributed by atoms with Crippen molar-refractivity contribution >= 4 is 15.9 Å². The van der Waals surface area contributed by atoms with Crippen molar-refractivity contribution < 1.29 is 23.0 Å². The Bertz CT molecular complexity index is 1030. The minimum Gasteiger partial charge on any atom is -0.487 e. The predicted molar refractivity (Wildman–Crippen MR) is 97.6 cm³/mol. The first-order valence-electron chi connectivity index (χ1n) is 8.04. The molecule has 142 valence electrons. The van der Waals surface area contributed by atoms with Gasteiger partial charge in [0.05, 0.1) is 6.54 Å². The van der Waals surface area contributed by atoms with Gasteiger partial charge in [-0.15, -0.1) is 0 Å². The molecule has 0 atom stereocenters. The van der Waals surface area contributed by atoms with Gasteiger partial charge in [0, 0.05) is 23.4 Å². The van der Waals surface area contributed by atoms with Crippen LogP contribution in [0.25, 0.3) is 0 Å². The lowest BCUT2D eigenvalue weighted by molar-refractivity contribution is 0.242. The summed E-state index contributed by atoms with van der Waals surface area (Å²) in [4.78, 5) is 12.6. The van der Waals surface area contributed by atoms with Crippen LogP contribution in [0.3, 0.4) is 0 Å². The molecule has 0 amide bonds. The summed E-state index contributed by atoms with van der Waals surface area (Å²) < 4.78 is 39.3. The van der Waals surface area contributed by atoms with E-state index in [0.717, 1.165) is 12.1 Å². The van der Waals surface area contributed by atoms with Crippen LogP contribution in [0.15, 0.2) is 50.1 Å². The molecule has 27 heavy (non-hydrogen) atoms. The summed E-state index contributed by atoms with van der Waals surface area (Å²) in [5, 5.41) is 9.06. The van der Waals surface area contributed by atoms with Gasteiger partial charge >= 0.3 is 0 Å². The van der Waals surface area contributed by atoms with E-state index in [1.54, 1.807) is 25.1 Å². The Morgan fingerprint density at radius 1 is 1.19 bits per heavy atom. The zero-order valence-electron chi connectivity index (χ0n) is 14.3. The van der Waals surface area contributed by atoms with E-state index in [1.807, 2.05) is 0 Å². The molecular formula is C19H16BrF2NO4. The molecule has 3 aromatic rings. The van der Waals surface area contributed by atoms with Gasteiger partial charge in [0.2, 0.25) is 0 Å². The molecule has 1 N–H and O–H groups in total. The first kappa shape index (κ1) is 19.3. The number of rotatable bonds is 6. The number of ether oxygens (including phenoxy) is 1. The Morgan fingerprint density at radius 3 is 2.59 bits per heavy atom. The van der Waals surface area contributed by atoms with E-state index < -0.39 is 11.6 Å². The lowest BCUT2D eigenvalue weighted by Gasteiger charge is -2.14. The highest BCUT2D eigenvalue weighted by Gasteiger charge is 2.15. The van der Waals surface area contributed by atoms with Crippen molar-refractivity contribution in [3.05, 3.63) is 85.6 Å². The van der Waals surface area contributed by atoms with Crippen molar-refractivity contribution in [2.24, 2.45) is 0 Å². The summed E-state index contributed by atoms with van der Waals surface area (Å²) in [6, 6.07) is 8.18. The van der Waals surface area contributed by atoms with Gasteiger partial charge in [-0.1, -0.05) is 0 Å². The lowest BCUT2D eigenvalue weighted by Crippen LogP contribution is -2.24. The summed E-state index contributed by atoms with van der Waals surface area (Å²) in [5.41, 5.74) is 0.448. The molecule has 0 spiro atoms. The molecule has 0 aliphatic rings. The maximum absolute atomic E-state index is 13.7. The number of aryl methyl sites for hydroxylation is 1. The van der Waals surface area contributed by atoms with Crippen LogP contribution < -0.4 is 10.3 Å². The van der Waals surface area contributed by atoms with Gasteiger partial charge in [0.15, 0.2) is 0 Å². The Kier molecular flexibility index (Phi) is 5.76. The fourth-order valence-electron chi connectivity index (χ4n) is 2.56. The average molecular weight is 440 g/mol. The van der Waals surface area contributed by atoms with Crippen LogP contribution >= 0.6 is 15.9 Å². The van der Waals surface area contributed by atoms with Crippen molar-refractivity contribution in [2.45, 2.75) is 26.7 Å². The second-order valence-corrected chi connectivity index (χ2v) is 6.70. The van der Waals surface area contributed by atoms with Crippen molar-refractivity contribution in [1.29, 1.82) is 0 Å². The van der Waals surface area contributed by atoms with Gasteiger partial charge in [-0.05, 0) is 47.1 Å². The van der Waals surface area contributed by atoms with E-state index in [9.17, 15) is 13.6 Å². The van der Waals surface area contributed by atoms with Gasteiger partial charge < -0.3 is 18.8 Å². The summed E-state index contributed by atoms with van der Waals surface area (Å²) in [7, 11) is 0. The second-order valence-electron chi connectivity index (χ2n) is 5.91. The van der Waals surface area contributed by atoms with Gasteiger partial charge in [-0.3, -0.25) is 4.79 Å². The van der Waals surface area contributed by atoms with Gasteiger partial charge in [-0.2, -0.15) is 0 Å². The monoisotopic (exact) mass is 439 g/mol. The maximum Gasteiger partial charge on any atom is 0.269 e. The van der Waals surface area contributed by atoms with Crippen LogP contribution in [0.5, 0.6) is 5.75 Å². The smallest absolute Gasteiger partial charge is 0.269 e. The molecule has 0 fully saturated rings. The van der Waals surface area contributed by atoms with Crippen molar-refractivity contribution in [2.75, 3.05) is 0 Å². The lowest BCUT2D eigenvalue weighted by atomic mass is 10.2. The molecule has 0 saturated heterocycles. The number of hydrogen-bond donors (Lipinski definition) is 1. The molecule has 8 heteroatoms. The standard InChI is InChI=1S/C19H16BrF2NO4/c1-11-6-17(26-10-12-2-3-13(21)7-16(12)22)18(20)19(25)23(11)8-14-4-5-15(9-24)27-14/h2-7,24H,8-10H2,1H3. The summed E-state index contributed by atoms with van der Waals surface area (Å²) >= 11 is 3.22. The van der Waals surface area contributed by atoms with Crippen LogP contribution in [0.4, 0.5) is 8.78 Å². The number of pyridine rings is 1. The number of aliphatic hydroxyl groups is 1. The summed E-state index contributed by atoms with van der Waals surface area (Å²) in [6.07, 6.45) is 0. The van der Waals surface area contributed by atoms with E-state index in [1.165, 1.54) is 10.6 Å². The van der Waals surface area contributed by atoms with E-state index in [2.05, 4.69) is 15.9 Å². The first-order valence-corrected chi connectivity index (χ1v) is 8.83. The van der Waals surface area contributed by atoms with Crippen LogP contribution in [0.1, 0.15) is 22.8 Å². The highest BCUT2D eigenvalue weighted by molar-refractivity contribution is 9.10. The van der Waals surface area contributed by atoms with Crippen molar-refractivity contribution in [3.63, 3.8) is 0 Å². The zero-order chi connectivity index (χ0) is 19.6. The molecule has 0 saturated carbocycles. The number of halogens is 3. The van der Waals surface area contributed by atoms with Gasteiger partial charge in [0.1, 0.15) is 46.6 Å². The first-order chi connectivity index (χ1) is 12.9. The topological polar surface area (TPSA) is 64.6 Å². The fraction of sp³-hybridized carbons (Fsp3) is 0.211. The van der Waals surface area contributed by atoms with Gasteiger partial charge in [-0.25, -0.2) is 8.78 Å². The Morgan fingerprint density at radius 2 is 1.93 bits per heavy atom. The second kappa shape index (κ2) is 8.06. The molecular weight excluding hydrogens is 424 g/mol. The Hall–Kier alpha value is -2.45. The highest BCUT2D eigenvalue weighted by atomic mass is 79.9. The molecule has 0 aliphatic carbocycles. The zero-order valence-corrected chi connectivity index (χ0v) is 15.9. The molecule has 0 unspecified atom stereocenters.